The van der Waals surface area contributed by atoms with Crippen LogP contribution in [0.4, 0.5) is 5.69 Å². The lowest BCUT2D eigenvalue weighted by molar-refractivity contribution is -0.145. The molecule has 3 aromatic rings. The molecule has 0 heterocycles. The smallest absolute Gasteiger partial charge is 0.327 e. The topological polar surface area (TPSA) is 93.7 Å². The fraction of sp³-hybridized carbons (Fsp3) is 0.222. The van der Waals surface area contributed by atoms with Crippen LogP contribution in [-0.2, 0) is 19.6 Å². The van der Waals surface area contributed by atoms with E-state index in [1.54, 1.807) is 50.4 Å². The fourth-order valence-electron chi connectivity index (χ4n) is 3.19. The molecule has 0 saturated carbocycles. The summed E-state index contributed by atoms with van der Waals surface area (Å²) in [6, 6.07) is 20.3. The average molecular weight is 493 g/mol. The van der Waals surface area contributed by atoms with Gasteiger partial charge in [0.1, 0.15) is 11.8 Å². The maximum Gasteiger partial charge on any atom is 0.327 e. The quantitative estimate of drug-likeness (QED) is 0.349. The molecular formula is C27H28N2O5S. The Hall–Kier alpha value is -3.80. The highest BCUT2D eigenvalue weighted by molar-refractivity contribution is 7.89. The number of benzene rings is 3. The van der Waals surface area contributed by atoms with E-state index in [1.165, 1.54) is 12.1 Å². The Balaban J connectivity index is 2.01. The molecule has 0 fully saturated rings. The van der Waals surface area contributed by atoms with Crippen molar-refractivity contribution in [1.82, 2.24) is 4.72 Å². The monoisotopic (exact) mass is 492 g/mol. The van der Waals surface area contributed by atoms with Crippen molar-refractivity contribution in [3.8, 4) is 17.6 Å². The predicted molar refractivity (Wildman–Crippen MR) is 136 cm³/mol. The number of carbonyl (C=O) groups is 1. The lowest BCUT2D eigenvalue weighted by Gasteiger charge is -2.24. The maximum absolute atomic E-state index is 13.2. The average Bonchev–Trinajstić information content (AvgIpc) is 2.86. The van der Waals surface area contributed by atoms with Crippen LogP contribution in [0.15, 0.2) is 83.8 Å². The molecule has 0 aliphatic rings. The zero-order valence-corrected chi connectivity index (χ0v) is 20.6. The number of nitrogens with one attached hydrogen (secondary N) is 2. The van der Waals surface area contributed by atoms with Crippen LogP contribution >= 0.6 is 0 Å². The third-order valence-corrected chi connectivity index (χ3v) is 6.50. The Kier molecular flexibility index (Phi) is 8.90. The SMILES string of the molecule is CCOC(=O)[C@H](NS(=O)(=O)c1ccc(C)cc1)[C@@H](C#Cc1ccccc1)Nc1ccc(OC)cc1. The first-order valence-corrected chi connectivity index (χ1v) is 12.5. The molecule has 2 N–H and O–H groups in total. The zero-order chi connectivity index (χ0) is 25.3. The number of aryl methyl sites for hydroxylation is 1. The third-order valence-electron chi connectivity index (χ3n) is 5.05. The van der Waals surface area contributed by atoms with Gasteiger partial charge < -0.3 is 14.8 Å². The van der Waals surface area contributed by atoms with Crippen molar-refractivity contribution in [3.63, 3.8) is 0 Å². The van der Waals surface area contributed by atoms with Crippen LogP contribution in [0, 0.1) is 18.8 Å². The van der Waals surface area contributed by atoms with Gasteiger partial charge in [-0.3, -0.25) is 4.79 Å². The van der Waals surface area contributed by atoms with Gasteiger partial charge in [0.25, 0.3) is 0 Å². The van der Waals surface area contributed by atoms with Crippen LogP contribution in [-0.4, -0.2) is 40.2 Å². The second-order valence-electron chi connectivity index (χ2n) is 7.65. The van der Waals surface area contributed by atoms with Crippen LogP contribution in [0.2, 0.25) is 0 Å². The molecule has 3 rings (SSSR count). The van der Waals surface area contributed by atoms with Gasteiger partial charge in [0.2, 0.25) is 10.0 Å². The Morgan fingerprint density at radius 1 is 0.971 bits per heavy atom. The number of carbonyl (C=O) groups excluding carboxylic acids is 1. The van der Waals surface area contributed by atoms with E-state index in [-0.39, 0.29) is 11.5 Å². The third kappa shape index (κ3) is 7.34. The molecule has 0 aliphatic carbocycles. The summed E-state index contributed by atoms with van der Waals surface area (Å²) in [5.41, 5.74) is 2.26. The normalized spacial score (nSPS) is 12.5. The van der Waals surface area contributed by atoms with Crippen molar-refractivity contribution in [1.29, 1.82) is 0 Å². The van der Waals surface area contributed by atoms with E-state index in [9.17, 15) is 13.2 Å². The van der Waals surface area contributed by atoms with Gasteiger partial charge >= 0.3 is 5.97 Å². The lowest BCUT2D eigenvalue weighted by Crippen LogP contribution is -2.51. The Morgan fingerprint density at radius 3 is 2.23 bits per heavy atom. The molecule has 182 valence electrons. The van der Waals surface area contributed by atoms with E-state index < -0.39 is 28.1 Å². The lowest BCUT2D eigenvalue weighted by atomic mass is 10.1. The first kappa shape index (κ1) is 25.8. The molecular weight excluding hydrogens is 464 g/mol. The molecule has 0 aliphatic heterocycles. The molecule has 0 aromatic heterocycles. The van der Waals surface area contributed by atoms with Crippen molar-refractivity contribution >= 4 is 21.7 Å². The number of esters is 1. The van der Waals surface area contributed by atoms with Gasteiger partial charge in [-0.25, -0.2) is 8.42 Å². The van der Waals surface area contributed by atoms with Gasteiger partial charge in [0.15, 0.2) is 6.04 Å². The zero-order valence-electron chi connectivity index (χ0n) is 19.8. The van der Waals surface area contributed by atoms with Crippen molar-refractivity contribution in [2.75, 3.05) is 19.0 Å². The minimum absolute atomic E-state index is 0.0385. The van der Waals surface area contributed by atoms with Gasteiger partial charge in [-0.1, -0.05) is 47.7 Å². The van der Waals surface area contributed by atoms with Crippen molar-refractivity contribution < 1.29 is 22.7 Å². The van der Waals surface area contributed by atoms with Crippen molar-refractivity contribution in [3.05, 3.63) is 90.0 Å². The highest BCUT2D eigenvalue weighted by Crippen LogP contribution is 2.18. The molecule has 0 bridgehead atoms. The second kappa shape index (κ2) is 12.1. The van der Waals surface area contributed by atoms with Gasteiger partial charge in [0.05, 0.1) is 18.6 Å². The molecule has 0 amide bonds. The molecule has 2 atom stereocenters. The van der Waals surface area contributed by atoms with Crippen molar-refractivity contribution in [2.45, 2.75) is 30.8 Å². The molecule has 0 unspecified atom stereocenters. The minimum Gasteiger partial charge on any atom is -0.497 e. The van der Waals surface area contributed by atoms with E-state index in [4.69, 9.17) is 9.47 Å². The summed E-state index contributed by atoms with van der Waals surface area (Å²) < 4.78 is 39.2. The number of hydrogen-bond donors (Lipinski definition) is 2. The largest absolute Gasteiger partial charge is 0.497 e. The highest BCUT2D eigenvalue weighted by atomic mass is 32.2. The minimum atomic E-state index is -4.05. The van der Waals surface area contributed by atoms with Gasteiger partial charge in [-0.15, -0.1) is 0 Å². The van der Waals surface area contributed by atoms with E-state index in [2.05, 4.69) is 21.9 Å². The standard InChI is InChI=1S/C27H28N2O5S/c1-4-34-27(30)26(29-35(31,32)24-17-10-20(2)11-18-24)25(19-12-21-8-6-5-7-9-21)28-22-13-15-23(33-3)16-14-22/h5-11,13-18,25-26,28-29H,4H2,1-3H3/t25-,26-/m1/s1. The van der Waals surface area contributed by atoms with Crippen LogP contribution < -0.4 is 14.8 Å². The molecule has 35 heavy (non-hydrogen) atoms. The maximum atomic E-state index is 13.2. The highest BCUT2D eigenvalue weighted by Gasteiger charge is 2.33. The van der Waals surface area contributed by atoms with Gasteiger partial charge in [0, 0.05) is 11.3 Å². The predicted octanol–water partition coefficient (Wildman–Crippen LogP) is 3.75. The van der Waals surface area contributed by atoms with Crippen LogP contribution in [0.25, 0.3) is 0 Å². The summed E-state index contributed by atoms with van der Waals surface area (Å²) in [4.78, 5) is 13.0. The number of rotatable bonds is 9. The summed E-state index contributed by atoms with van der Waals surface area (Å²) in [6.07, 6.45) is 0. The Labute approximate surface area is 206 Å². The first-order chi connectivity index (χ1) is 16.8. The molecule has 8 heteroatoms. The van der Waals surface area contributed by atoms with E-state index in [1.807, 2.05) is 37.3 Å². The summed E-state index contributed by atoms with van der Waals surface area (Å²) >= 11 is 0. The van der Waals surface area contributed by atoms with Crippen LogP contribution in [0.3, 0.4) is 0 Å². The summed E-state index contributed by atoms with van der Waals surface area (Å²) in [5.74, 6) is 5.95. The summed E-state index contributed by atoms with van der Waals surface area (Å²) in [6.45, 7) is 3.60. The number of methoxy groups -OCH3 is 1. The Morgan fingerprint density at radius 2 is 1.63 bits per heavy atom. The fourth-order valence-corrected chi connectivity index (χ4v) is 4.39. The van der Waals surface area contributed by atoms with Gasteiger partial charge in [-0.2, -0.15) is 4.72 Å². The first-order valence-electron chi connectivity index (χ1n) is 11.0. The number of ether oxygens (including phenoxy) is 2. The van der Waals surface area contributed by atoms with Crippen LogP contribution in [0.1, 0.15) is 18.1 Å². The number of hydrogen-bond acceptors (Lipinski definition) is 6. The summed E-state index contributed by atoms with van der Waals surface area (Å²) in [7, 11) is -2.49. The molecule has 0 radical (unpaired) electrons. The number of sulfonamides is 1. The van der Waals surface area contributed by atoms with Crippen molar-refractivity contribution in [2.24, 2.45) is 0 Å². The summed E-state index contributed by atoms with van der Waals surface area (Å²) in [5, 5.41) is 3.17. The Bertz CT molecular complexity index is 1280. The molecule has 3 aromatic carbocycles. The molecule has 0 spiro atoms. The number of anilines is 1. The van der Waals surface area contributed by atoms with Crippen LogP contribution in [0.5, 0.6) is 5.75 Å². The molecule has 0 saturated heterocycles. The van der Waals surface area contributed by atoms with Gasteiger partial charge in [-0.05, 0) is 62.4 Å². The molecule has 7 nitrogen and oxygen atoms in total. The van der Waals surface area contributed by atoms with E-state index in [0.29, 0.717) is 11.4 Å². The van der Waals surface area contributed by atoms with E-state index >= 15 is 0 Å². The van der Waals surface area contributed by atoms with E-state index in [0.717, 1.165) is 11.1 Å². The second-order valence-corrected chi connectivity index (χ2v) is 9.36.